The van der Waals surface area contributed by atoms with Crippen molar-refractivity contribution in [1.29, 1.82) is 0 Å². The van der Waals surface area contributed by atoms with E-state index in [0.29, 0.717) is 22.4 Å². The highest BCUT2D eigenvalue weighted by Crippen LogP contribution is 2.22. The van der Waals surface area contributed by atoms with Gasteiger partial charge in [-0.05, 0) is 31.2 Å². The molecule has 0 aliphatic carbocycles. The van der Waals surface area contributed by atoms with E-state index in [1.165, 1.54) is 0 Å². The zero-order chi connectivity index (χ0) is 18.1. The SMILES string of the molecule is Cc1oc(-c2ccccc2)nc1C(=O)OCc1cn2cc(Cl)ccc2n1. The average Bonchev–Trinajstić information content (AvgIpc) is 3.23. The highest BCUT2D eigenvalue weighted by atomic mass is 35.5. The molecule has 26 heavy (non-hydrogen) atoms. The fourth-order valence-corrected chi connectivity index (χ4v) is 2.75. The van der Waals surface area contributed by atoms with Crippen LogP contribution in [0, 0.1) is 6.92 Å². The van der Waals surface area contributed by atoms with Crippen molar-refractivity contribution in [2.45, 2.75) is 13.5 Å². The molecule has 6 nitrogen and oxygen atoms in total. The van der Waals surface area contributed by atoms with Gasteiger partial charge in [-0.15, -0.1) is 0 Å². The largest absolute Gasteiger partial charge is 0.454 e. The van der Waals surface area contributed by atoms with Crippen molar-refractivity contribution in [3.63, 3.8) is 0 Å². The van der Waals surface area contributed by atoms with Crippen LogP contribution in [0.5, 0.6) is 0 Å². The molecule has 4 aromatic rings. The smallest absolute Gasteiger partial charge is 0.361 e. The zero-order valence-corrected chi connectivity index (χ0v) is 14.6. The second-order valence-electron chi connectivity index (χ2n) is 5.71. The lowest BCUT2D eigenvalue weighted by Crippen LogP contribution is -2.07. The summed E-state index contributed by atoms with van der Waals surface area (Å²) in [5.41, 5.74) is 2.30. The molecule has 1 aromatic carbocycles. The van der Waals surface area contributed by atoms with E-state index >= 15 is 0 Å². The molecule has 0 saturated heterocycles. The summed E-state index contributed by atoms with van der Waals surface area (Å²) < 4.78 is 12.7. The van der Waals surface area contributed by atoms with Crippen molar-refractivity contribution in [1.82, 2.24) is 14.4 Å². The molecule has 4 rings (SSSR count). The molecule has 0 N–H and O–H groups in total. The van der Waals surface area contributed by atoms with Gasteiger partial charge in [-0.25, -0.2) is 14.8 Å². The van der Waals surface area contributed by atoms with Crippen LogP contribution in [0.4, 0.5) is 0 Å². The summed E-state index contributed by atoms with van der Waals surface area (Å²) in [5, 5.41) is 0.602. The van der Waals surface area contributed by atoms with Gasteiger partial charge in [0, 0.05) is 18.0 Å². The molecule has 0 radical (unpaired) electrons. The third-order valence-electron chi connectivity index (χ3n) is 3.83. The lowest BCUT2D eigenvalue weighted by Gasteiger charge is -1.99. The van der Waals surface area contributed by atoms with Gasteiger partial charge in [0.25, 0.3) is 0 Å². The number of fused-ring (bicyclic) bond motifs is 1. The molecule has 0 amide bonds. The number of aromatic nitrogens is 3. The number of halogens is 1. The van der Waals surface area contributed by atoms with Crippen molar-refractivity contribution in [3.05, 3.63) is 77.0 Å². The maximum Gasteiger partial charge on any atom is 0.361 e. The normalized spacial score (nSPS) is 11.0. The van der Waals surface area contributed by atoms with E-state index in [1.54, 1.807) is 35.9 Å². The van der Waals surface area contributed by atoms with Crippen LogP contribution in [0.3, 0.4) is 0 Å². The Morgan fingerprint density at radius 2 is 1.96 bits per heavy atom. The van der Waals surface area contributed by atoms with Crippen LogP contribution in [0.25, 0.3) is 17.1 Å². The van der Waals surface area contributed by atoms with Gasteiger partial charge >= 0.3 is 5.97 Å². The third-order valence-corrected chi connectivity index (χ3v) is 4.05. The van der Waals surface area contributed by atoms with Crippen molar-refractivity contribution in [3.8, 4) is 11.5 Å². The second-order valence-corrected chi connectivity index (χ2v) is 6.15. The first-order valence-electron chi connectivity index (χ1n) is 7.93. The summed E-state index contributed by atoms with van der Waals surface area (Å²) >= 11 is 5.95. The van der Waals surface area contributed by atoms with Crippen LogP contribution >= 0.6 is 11.6 Å². The van der Waals surface area contributed by atoms with Crippen molar-refractivity contribution in [2.75, 3.05) is 0 Å². The number of carbonyl (C=O) groups is 1. The van der Waals surface area contributed by atoms with E-state index in [0.717, 1.165) is 11.2 Å². The molecule has 0 aliphatic heterocycles. The number of aryl methyl sites for hydroxylation is 1. The Kier molecular flexibility index (Phi) is 4.18. The predicted octanol–water partition coefficient (Wildman–Crippen LogP) is 4.31. The fraction of sp³-hybridized carbons (Fsp3) is 0.105. The van der Waals surface area contributed by atoms with Gasteiger partial charge in [-0.2, -0.15) is 0 Å². The standard InChI is InChI=1S/C19H14ClN3O3/c1-12-17(22-18(26-12)13-5-3-2-4-6-13)19(24)25-11-15-10-23-9-14(20)7-8-16(23)21-15/h2-10H,11H2,1H3. The Labute approximate surface area is 154 Å². The molecular weight excluding hydrogens is 354 g/mol. The van der Waals surface area contributed by atoms with Crippen LogP contribution in [0.15, 0.2) is 59.3 Å². The van der Waals surface area contributed by atoms with E-state index in [1.807, 2.05) is 30.3 Å². The van der Waals surface area contributed by atoms with E-state index in [4.69, 9.17) is 20.8 Å². The molecule has 0 unspecified atom stereocenters. The van der Waals surface area contributed by atoms with Crippen LogP contribution < -0.4 is 0 Å². The Hall–Kier alpha value is -3.12. The molecular formula is C19H14ClN3O3. The van der Waals surface area contributed by atoms with Gasteiger partial charge in [0.1, 0.15) is 18.0 Å². The summed E-state index contributed by atoms with van der Waals surface area (Å²) in [6, 6.07) is 12.9. The number of pyridine rings is 1. The zero-order valence-electron chi connectivity index (χ0n) is 13.8. The molecule has 0 saturated carbocycles. The number of imidazole rings is 1. The predicted molar refractivity (Wildman–Crippen MR) is 96.0 cm³/mol. The number of oxazole rings is 1. The van der Waals surface area contributed by atoms with Gasteiger partial charge in [-0.3, -0.25) is 0 Å². The molecule has 0 fully saturated rings. The number of rotatable bonds is 4. The Bertz CT molecular complexity index is 1090. The monoisotopic (exact) mass is 367 g/mol. The van der Waals surface area contributed by atoms with Gasteiger partial charge in [0.05, 0.1) is 10.7 Å². The Morgan fingerprint density at radius 1 is 1.15 bits per heavy atom. The lowest BCUT2D eigenvalue weighted by atomic mass is 10.2. The van der Waals surface area contributed by atoms with Crippen LogP contribution in [-0.4, -0.2) is 20.3 Å². The van der Waals surface area contributed by atoms with Gasteiger partial charge < -0.3 is 13.6 Å². The molecule has 130 valence electrons. The Morgan fingerprint density at radius 3 is 2.77 bits per heavy atom. The number of hydrogen-bond donors (Lipinski definition) is 0. The summed E-state index contributed by atoms with van der Waals surface area (Å²) in [6.07, 6.45) is 3.50. The van der Waals surface area contributed by atoms with Crippen molar-refractivity contribution in [2.24, 2.45) is 0 Å². The number of hydrogen-bond acceptors (Lipinski definition) is 5. The summed E-state index contributed by atoms with van der Waals surface area (Å²) in [4.78, 5) is 21.0. The summed E-state index contributed by atoms with van der Waals surface area (Å²) in [7, 11) is 0. The number of esters is 1. The highest BCUT2D eigenvalue weighted by molar-refractivity contribution is 6.30. The first kappa shape index (κ1) is 16.4. The minimum absolute atomic E-state index is 0.0328. The summed E-state index contributed by atoms with van der Waals surface area (Å²) in [5.74, 6) is 0.247. The number of carbonyl (C=O) groups excluding carboxylic acids is 1. The Balaban J connectivity index is 1.50. The van der Waals surface area contributed by atoms with Gasteiger partial charge in [0.15, 0.2) is 5.69 Å². The lowest BCUT2D eigenvalue weighted by molar-refractivity contribution is 0.0460. The molecule has 0 bridgehead atoms. The van der Waals surface area contributed by atoms with Crippen molar-refractivity contribution < 1.29 is 13.9 Å². The molecule has 7 heteroatoms. The van der Waals surface area contributed by atoms with E-state index in [9.17, 15) is 4.79 Å². The van der Waals surface area contributed by atoms with Crippen LogP contribution in [0.1, 0.15) is 21.9 Å². The molecule has 3 aromatic heterocycles. The maximum absolute atomic E-state index is 12.4. The number of nitrogens with zero attached hydrogens (tertiary/aromatic N) is 3. The quantitative estimate of drug-likeness (QED) is 0.503. The van der Waals surface area contributed by atoms with Crippen LogP contribution in [-0.2, 0) is 11.3 Å². The minimum atomic E-state index is -0.552. The van der Waals surface area contributed by atoms with Gasteiger partial charge in [0.2, 0.25) is 5.89 Å². The number of benzene rings is 1. The molecule has 0 atom stereocenters. The first-order valence-corrected chi connectivity index (χ1v) is 8.31. The first-order chi connectivity index (χ1) is 12.6. The van der Waals surface area contributed by atoms with E-state index in [-0.39, 0.29) is 12.3 Å². The van der Waals surface area contributed by atoms with Gasteiger partial charge in [-0.1, -0.05) is 29.8 Å². The fourth-order valence-electron chi connectivity index (χ4n) is 2.58. The second kappa shape index (κ2) is 6.65. The average molecular weight is 368 g/mol. The third kappa shape index (κ3) is 3.19. The maximum atomic E-state index is 12.4. The minimum Gasteiger partial charge on any atom is -0.454 e. The topological polar surface area (TPSA) is 69.6 Å². The molecule has 0 aliphatic rings. The number of ether oxygens (including phenoxy) is 1. The van der Waals surface area contributed by atoms with E-state index in [2.05, 4.69) is 9.97 Å². The van der Waals surface area contributed by atoms with Crippen molar-refractivity contribution >= 4 is 23.2 Å². The van der Waals surface area contributed by atoms with Crippen LogP contribution in [0.2, 0.25) is 5.02 Å². The molecule has 0 spiro atoms. The highest BCUT2D eigenvalue weighted by Gasteiger charge is 2.20. The summed E-state index contributed by atoms with van der Waals surface area (Å²) in [6.45, 7) is 1.72. The molecule has 3 heterocycles. The van der Waals surface area contributed by atoms with E-state index < -0.39 is 5.97 Å².